The maximum atomic E-state index is 13.1. The van der Waals surface area contributed by atoms with Gasteiger partial charge in [-0.1, -0.05) is 13.0 Å². The van der Waals surface area contributed by atoms with Crippen LogP contribution in [0, 0.1) is 5.82 Å². The number of nitrogens with one attached hydrogen (secondary N) is 1. The Balaban J connectivity index is 2.41. The van der Waals surface area contributed by atoms with Crippen molar-refractivity contribution >= 4 is 0 Å². The van der Waals surface area contributed by atoms with Crippen molar-refractivity contribution in [2.24, 2.45) is 0 Å². The van der Waals surface area contributed by atoms with Gasteiger partial charge in [-0.05, 0) is 43.0 Å². The van der Waals surface area contributed by atoms with Crippen LogP contribution in [0.2, 0.25) is 0 Å². The molecule has 2 unspecified atom stereocenters. The monoisotopic (exact) mass is 193 g/mol. The smallest absolute Gasteiger partial charge is 0.123 e. The van der Waals surface area contributed by atoms with Gasteiger partial charge in [0.2, 0.25) is 0 Å². The molecule has 76 valence electrons. The first-order valence-electron chi connectivity index (χ1n) is 5.25. The third-order valence-corrected chi connectivity index (χ3v) is 2.90. The van der Waals surface area contributed by atoms with Gasteiger partial charge in [-0.3, -0.25) is 0 Å². The fraction of sp³-hybridized carbons (Fsp3) is 0.500. The van der Waals surface area contributed by atoms with Gasteiger partial charge >= 0.3 is 0 Å². The predicted molar refractivity (Wildman–Crippen MR) is 55.7 cm³/mol. The standard InChI is InChI=1S/C12H16FN/c1-3-12-11-7-10(13)5-4-9(11)6-8(2)14-12/h4-5,7-8,12,14H,3,6H2,1-2H3. The summed E-state index contributed by atoms with van der Waals surface area (Å²) in [6.07, 6.45) is 2.02. The van der Waals surface area contributed by atoms with Crippen LogP contribution < -0.4 is 5.32 Å². The third kappa shape index (κ3) is 1.67. The van der Waals surface area contributed by atoms with E-state index in [1.807, 2.05) is 6.07 Å². The first-order chi connectivity index (χ1) is 6.70. The van der Waals surface area contributed by atoms with E-state index in [0.29, 0.717) is 12.1 Å². The zero-order chi connectivity index (χ0) is 10.1. The van der Waals surface area contributed by atoms with Gasteiger partial charge < -0.3 is 5.32 Å². The lowest BCUT2D eigenvalue weighted by atomic mass is 9.89. The summed E-state index contributed by atoms with van der Waals surface area (Å²) >= 11 is 0. The second kappa shape index (κ2) is 3.70. The summed E-state index contributed by atoms with van der Waals surface area (Å²) in [5.41, 5.74) is 2.44. The second-order valence-electron chi connectivity index (χ2n) is 4.08. The van der Waals surface area contributed by atoms with Gasteiger partial charge in [-0.15, -0.1) is 0 Å². The van der Waals surface area contributed by atoms with Gasteiger partial charge in [0, 0.05) is 12.1 Å². The Morgan fingerprint density at radius 3 is 3.00 bits per heavy atom. The van der Waals surface area contributed by atoms with Crippen LogP contribution in [-0.4, -0.2) is 6.04 Å². The van der Waals surface area contributed by atoms with Crippen molar-refractivity contribution in [1.29, 1.82) is 0 Å². The molecule has 1 aromatic rings. The molecule has 0 spiro atoms. The average Bonchev–Trinajstić information content (AvgIpc) is 2.17. The molecule has 2 rings (SSSR count). The minimum Gasteiger partial charge on any atom is -0.307 e. The Kier molecular flexibility index (Phi) is 2.55. The van der Waals surface area contributed by atoms with Crippen LogP contribution in [0.15, 0.2) is 18.2 Å². The molecule has 0 aliphatic carbocycles. The van der Waals surface area contributed by atoms with Crippen LogP contribution in [0.3, 0.4) is 0 Å². The van der Waals surface area contributed by atoms with E-state index in [9.17, 15) is 4.39 Å². The van der Waals surface area contributed by atoms with Crippen LogP contribution in [0.4, 0.5) is 4.39 Å². The molecule has 0 bridgehead atoms. The van der Waals surface area contributed by atoms with Gasteiger partial charge in [0.25, 0.3) is 0 Å². The molecule has 0 radical (unpaired) electrons. The van der Waals surface area contributed by atoms with Gasteiger partial charge in [-0.2, -0.15) is 0 Å². The SMILES string of the molecule is CCC1NC(C)Cc2ccc(F)cc21. The topological polar surface area (TPSA) is 12.0 Å². The largest absolute Gasteiger partial charge is 0.307 e. The summed E-state index contributed by atoms with van der Waals surface area (Å²) in [4.78, 5) is 0. The van der Waals surface area contributed by atoms with E-state index in [4.69, 9.17) is 0 Å². The van der Waals surface area contributed by atoms with E-state index >= 15 is 0 Å². The Bertz CT molecular complexity index is 335. The van der Waals surface area contributed by atoms with Crippen LogP contribution in [0.25, 0.3) is 0 Å². The highest BCUT2D eigenvalue weighted by Gasteiger charge is 2.22. The second-order valence-corrected chi connectivity index (χ2v) is 4.08. The highest BCUT2D eigenvalue weighted by molar-refractivity contribution is 5.33. The Morgan fingerprint density at radius 1 is 1.50 bits per heavy atom. The molecule has 1 aliphatic heterocycles. The van der Waals surface area contributed by atoms with Crippen LogP contribution in [0.5, 0.6) is 0 Å². The number of halogens is 1. The lowest BCUT2D eigenvalue weighted by molar-refractivity contribution is 0.412. The molecule has 1 aromatic carbocycles. The van der Waals surface area contributed by atoms with Crippen molar-refractivity contribution in [3.8, 4) is 0 Å². The molecule has 2 atom stereocenters. The molecule has 2 heteroatoms. The van der Waals surface area contributed by atoms with E-state index in [1.54, 1.807) is 12.1 Å². The lowest BCUT2D eigenvalue weighted by Gasteiger charge is -2.30. The molecule has 0 fully saturated rings. The molecular weight excluding hydrogens is 177 g/mol. The Hall–Kier alpha value is -0.890. The average molecular weight is 193 g/mol. The summed E-state index contributed by atoms with van der Waals surface area (Å²) in [5.74, 6) is -0.126. The highest BCUT2D eigenvalue weighted by Crippen LogP contribution is 2.27. The summed E-state index contributed by atoms with van der Waals surface area (Å²) < 4.78 is 13.1. The van der Waals surface area contributed by atoms with Crippen molar-refractivity contribution in [1.82, 2.24) is 5.32 Å². The fourth-order valence-corrected chi connectivity index (χ4v) is 2.24. The van der Waals surface area contributed by atoms with Crippen molar-refractivity contribution in [3.63, 3.8) is 0 Å². The highest BCUT2D eigenvalue weighted by atomic mass is 19.1. The van der Waals surface area contributed by atoms with Crippen LogP contribution in [0.1, 0.15) is 37.4 Å². The number of fused-ring (bicyclic) bond motifs is 1. The van der Waals surface area contributed by atoms with Gasteiger partial charge in [0.05, 0.1) is 0 Å². The van der Waals surface area contributed by atoms with Crippen molar-refractivity contribution in [2.45, 2.75) is 38.8 Å². The zero-order valence-corrected chi connectivity index (χ0v) is 8.68. The molecule has 1 aliphatic rings. The van der Waals surface area contributed by atoms with Gasteiger partial charge in [-0.25, -0.2) is 4.39 Å². The van der Waals surface area contributed by atoms with Crippen molar-refractivity contribution in [3.05, 3.63) is 35.1 Å². The molecule has 0 saturated carbocycles. The van der Waals surface area contributed by atoms with Gasteiger partial charge in [0.1, 0.15) is 5.82 Å². The minimum absolute atomic E-state index is 0.126. The summed E-state index contributed by atoms with van der Waals surface area (Å²) in [6.45, 7) is 4.30. The maximum Gasteiger partial charge on any atom is 0.123 e. The first-order valence-corrected chi connectivity index (χ1v) is 5.25. The fourth-order valence-electron chi connectivity index (χ4n) is 2.24. The predicted octanol–water partition coefficient (Wildman–Crippen LogP) is 2.81. The molecule has 1 N–H and O–H groups in total. The van der Waals surface area contributed by atoms with E-state index in [2.05, 4.69) is 19.2 Å². The molecule has 0 aromatic heterocycles. The van der Waals surface area contributed by atoms with Crippen LogP contribution in [-0.2, 0) is 6.42 Å². The molecule has 1 heterocycles. The van der Waals surface area contributed by atoms with Crippen molar-refractivity contribution in [2.75, 3.05) is 0 Å². The summed E-state index contributed by atoms with van der Waals surface area (Å²) in [7, 11) is 0. The van der Waals surface area contributed by atoms with E-state index in [0.717, 1.165) is 18.4 Å². The summed E-state index contributed by atoms with van der Waals surface area (Å²) in [6, 6.07) is 5.97. The van der Waals surface area contributed by atoms with E-state index < -0.39 is 0 Å². The van der Waals surface area contributed by atoms with Gasteiger partial charge in [0.15, 0.2) is 0 Å². The van der Waals surface area contributed by atoms with Crippen molar-refractivity contribution < 1.29 is 4.39 Å². The zero-order valence-electron chi connectivity index (χ0n) is 8.68. The van der Waals surface area contributed by atoms with E-state index in [-0.39, 0.29) is 5.82 Å². The van der Waals surface area contributed by atoms with E-state index in [1.165, 1.54) is 5.56 Å². The molecular formula is C12H16FN. The minimum atomic E-state index is -0.126. The first kappa shape index (κ1) is 9.66. The summed E-state index contributed by atoms with van der Waals surface area (Å²) in [5, 5.41) is 3.48. The lowest BCUT2D eigenvalue weighted by Crippen LogP contribution is -2.37. The molecule has 0 amide bonds. The quantitative estimate of drug-likeness (QED) is 0.723. The molecule has 0 saturated heterocycles. The van der Waals surface area contributed by atoms with Crippen LogP contribution >= 0.6 is 0 Å². The Morgan fingerprint density at radius 2 is 2.29 bits per heavy atom. The maximum absolute atomic E-state index is 13.1. The number of hydrogen-bond acceptors (Lipinski definition) is 1. The Labute approximate surface area is 84.3 Å². The number of hydrogen-bond donors (Lipinski definition) is 1. The third-order valence-electron chi connectivity index (χ3n) is 2.90. The number of rotatable bonds is 1. The molecule has 14 heavy (non-hydrogen) atoms. The number of benzene rings is 1. The normalized spacial score (nSPS) is 25.9. The molecule has 1 nitrogen and oxygen atoms in total.